The molecule has 0 radical (unpaired) electrons. The van der Waals surface area contributed by atoms with Crippen LogP contribution in [0, 0.1) is 19.7 Å². The van der Waals surface area contributed by atoms with E-state index >= 15 is 0 Å². The van der Waals surface area contributed by atoms with Crippen LogP contribution < -0.4 is 5.73 Å². The van der Waals surface area contributed by atoms with Crippen LogP contribution in [0.1, 0.15) is 48.4 Å². The van der Waals surface area contributed by atoms with Gasteiger partial charge in [-0.05, 0) is 66.6 Å². The number of hydrogen-bond acceptors (Lipinski definition) is 3. The van der Waals surface area contributed by atoms with E-state index in [4.69, 9.17) is 10.5 Å². The molecule has 0 saturated carbocycles. The molecule has 2 rings (SSSR count). The Hall–Kier alpha value is -2.41. The van der Waals surface area contributed by atoms with E-state index in [0.717, 1.165) is 17.2 Å². The summed E-state index contributed by atoms with van der Waals surface area (Å²) in [5, 5.41) is 0. The van der Waals surface area contributed by atoms with Crippen molar-refractivity contribution >= 4 is 5.97 Å². The highest BCUT2D eigenvalue weighted by Crippen LogP contribution is 2.40. The van der Waals surface area contributed by atoms with Crippen LogP contribution in [0.15, 0.2) is 30.3 Å². The van der Waals surface area contributed by atoms with Crippen molar-refractivity contribution in [1.82, 2.24) is 0 Å². The Bertz CT molecular complexity index is 873. The molecule has 0 aromatic heterocycles. The van der Waals surface area contributed by atoms with E-state index in [1.807, 2.05) is 0 Å². The first-order valence-electron chi connectivity index (χ1n) is 9.35. The zero-order valence-corrected chi connectivity index (χ0v) is 16.9. The second kappa shape index (κ2) is 8.95. The van der Waals surface area contributed by atoms with E-state index in [-0.39, 0.29) is 24.2 Å². The molecular weight excluding hydrogens is 386 g/mol. The zero-order chi connectivity index (χ0) is 21.9. The molecule has 0 spiro atoms. The van der Waals surface area contributed by atoms with E-state index in [1.54, 1.807) is 39.0 Å². The summed E-state index contributed by atoms with van der Waals surface area (Å²) in [4.78, 5) is 11.7. The number of carbonyl (C=O) groups excluding carboxylic acids is 1. The minimum atomic E-state index is -4.86. The number of aryl methyl sites for hydroxylation is 2. The quantitative estimate of drug-likeness (QED) is 0.504. The van der Waals surface area contributed by atoms with E-state index in [9.17, 15) is 22.4 Å². The summed E-state index contributed by atoms with van der Waals surface area (Å²) in [6.07, 6.45) is -5.08. The first-order valence-corrected chi connectivity index (χ1v) is 9.35. The molecule has 0 aliphatic heterocycles. The van der Waals surface area contributed by atoms with Crippen LogP contribution in [0.5, 0.6) is 0 Å². The SMILES string of the molecule is CCOC(=O)C[C@H](N)C(C)c1cc(-c2c(C)cccc2C)cc(C(F)(F)F)c1F. The molecule has 0 bridgehead atoms. The van der Waals surface area contributed by atoms with Gasteiger partial charge in [-0.3, -0.25) is 4.79 Å². The van der Waals surface area contributed by atoms with Crippen molar-refractivity contribution in [3.05, 3.63) is 58.4 Å². The Morgan fingerprint density at radius 3 is 2.28 bits per heavy atom. The largest absolute Gasteiger partial charge is 0.466 e. The Morgan fingerprint density at radius 2 is 1.76 bits per heavy atom. The molecule has 3 nitrogen and oxygen atoms in total. The monoisotopic (exact) mass is 411 g/mol. The number of rotatable bonds is 6. The van der Waals surface area contributed by atoms with Gasteiger partial charge in [0.25, 0.3) is 0 Å². The lowest BCUT2D eigenvalue weighted by atomic mass is 9.86. The Morgan fingerprint density at radius 1 is 1.17 bits per heavy atom. The molecule has 2 N–H and O–H groups in total. The van der Waals surface area contributed by atoms with E-state index in [2.05, 4.69) is 0 Å². The summed E-state index contributed by atoms with van der Waals surface area (Å²) < 4.78 is 60.4. The Kier molecular flexibility index (Phi) is 7.06. The molecule has 0 fully saturated rings. The molecule has 2 atom stereocenters. The smallest absolute Gasteiger partial charge is 0.419 e. The summed E-state index contributed by atoms with van der Waals surface area (Å²) in [5.41, 5.74) is 6.93. The molecule has 0 amide bonds. The third kappa shape index (κ3) is 5.15. The number of benzene rings is 2. The van der Waals surface area contributed by atoms with Gasteiger partial charge in [-0.1, -0.05) is 25.1 Å². The van der Waals surface area contributed by atoms with Crippen LogP contribution in [0.25, 0.3) is 11.1 Å². The van der Waals surface area contributed by atoms with Gasteiger partial charge in [-0.15, -0.1) is 0 Å². The van der Waals surface area contributed by atoms with Crippen LogP contribution in [-0.2, 0) is 15.7 Å². The normalized spacial score (nSPS) is 13.8. The van der Waals surface area contributed by atoms with Crippen molar-refractivity contribution in [2.75, 3.05) is 6.61 Å². The number of halogens is 4. The summed E-state index contributed by atoms with van der Waals surface area (Å²) in [5.74, 6) is -2.77. The molecule has 0 aliphatic carbocycles. The second-order valence-electron chi connectivity index (χ2n) is 7.15. The highest BCUT2D eigenvalue weighted by atomic mass is 19.4. The first-order chi connectivity index (χ1) is 13.5. The number of esters is 1. The molecule has 0 aliphatic rings. The Balaban J connectivity index is 2.61. The molecule has 0 heterocycles. The fourth-order valence-corrected chi connectivity index (χ4v) is 3.42. The van der Waals surface area contributed by atoms with Crippen molar-refractivity contribution in [2.24, 2.45) is 5.73 Å². The zero-order valence-electron chi connectivity index (χ0n) is 16.9. The molecule has 0 saturated heterocycles. The van der Waals surface area contributed by atoms with Gasteiger partial charge in [0, 0.05) is 6.04 Å². The van der Waals surface area contributed by atoms with Gasteiger partial charge in [0.15, 0.2) is 0 Å². The highest BCUT2D eigenvalue weighted by Gasteiger charge is 2.37. The van der Waals surface area contributed by atoms with Crippen LogP contribution in [0.3, 0.4) is 0 Å². The molecule has 1 unspecified atom stereocenters. The number of carbonyl (C=O) groups is 1. The van der Waals surface area contributed by atoms with Gasteiger partial charge < -0.3 is 10.5 Å². The average Bonchev–Trinajstić information content (AvgIpc) is 2.61. The topological polar surface area (TPSA) is 52.3 Å². The predicted octanol–water partition coefficient (Wildman–Crippen LogP) is 5.51. The van der Waals surface area contributed by atoms with Gasteiger partial charge in [-0.2, -0.15) is 13.2 Å². The molecule has 2 aromatic rings. The molecule has 29 heavy (non-hydrogen) atoms. The van der Waals surface area contributed by atoms with Crippen molar-refractivity contribution in [3.63, 3.8) is 0 Å². The lowest BCUT2D eigenvalue weighted by Crippen LogP contribution is -2.31. The minimum Gasteiger partial charge on any atom is -0.466 e. The summed E-state index contributed by atoms with van der Waals surface area (Å²) in [7, 11) is 0. The van der Waals surface area contributed by atoms with E-state index in [0.29, 0.717) is 5.56 Å². The molecule has 7 heteroatoms. The van der Waals surface area contributed by atoms with Crippen molar-refractivity contribution in [2.45, 2.75) is 52.3 Å². The lowest BCUT2D eigenvalue weighted by molar-refractivity contribution is -0.144. The maximum atomic E-state index is 14.9. The predicted molar refractivity (Wildman–Crippen MR) is 104 cm³/mol. The molecular formula is C22H25F4NO2. The Labute approximate surface area is 167 Å². The van der Waals surface area contributed by atoms with E-state index in [1.165, 1.54) is 13.0 Å². The number of nitrogens with two attached hydrogens (primary N) is 1. The number of hydrogen-bond donors (Lipinski definition) is 1. The fourth-order valence-electron chi connectivity index (χ4n) is 3.42. The second-order valence-corrected chi connectivity index (χ2v) is 7.15. The van der Waals surface area contributed by atoms with Crippen LogP contribution in [-0.4, -0.2) is 18.6 Å². The fraction of sp³-hybridized carbons (Fsp3) is 0.409. The summed E-state index contributed by atoms with van der Waals surface area (Å²) in [6, 6.07) is 6.72. The van der Waals surface area contributed by atoms with Crippen LogP contribution in [0.4, 0.5) is 17.6 Å². The number of ether oxygens (including phenoxy) is 1. The summed E-state index contributed by atoms with van der Waals surface area (Å²) in [6.45, 7) is 6.88. The van der Waals surface area contributed by atoms with Crippen molar-refractivity contribution in [3.8, 4) is 11.1 Å². The van der Waals surface area contributed by atoms with E-state index < -0.39 is 35.5 Å². The maximum Gasteiger partial charge on any atom is 0.419 e. The van der Waals surface area contributed by atoms with Crippen molar-refractivity contribution < 1.29 is 27.1 Å². The minimum absolute atomic E-state index is 0.161. The van der Waals surface area contributed by atoms with Gasteiger partial charge in [0.1, 0.15) is 5.82 Å². The van der Waals surface area contributed by atoms with Gasteiger partial charge in [0.2, 0.25) is 0 Å². The van der Waals surface area contributed by atoms with Gasteiger partial charge in [0.05, 0.1) is 18.6 Å². The summed E-state index contributed by atoms with van der Waals surface area (Å²) >= 11 is 0. The lowest BCUT2D eigenvalue weighted by Gasteiger charge is -2.23. The van der Waals surface area contributed by atoms with Crippen molar-refractivity contribution in [1.29, 1.82) is 0 Å². The third-order valence-corrected chi connectivity index (χ3v) is 5.02. The molecule has 2 aromatic carbocycles. The standard InChI is InChI=1S/C22H25F4NO2/c1-5-29-19(28)11-18(27)14(4)16-9-15(10-17(21(16)23)22(24,25)26)20-12(2)7-6-8-13(20)3/h6-10,14,18H,5,11,27H2,1-4H3/t14?,18-/m0/s1. The van der Waals surface area contributed by atoms with Crippen LogP contribution >= 0.6 is 0 Å². The highest BCUT2D eigenvalue weighted by molar-refractivity contribution is 5.73. The third-order valence-electron chi connectivity index (χ3n) is 5.02. The van der Waals surface area contributed by atoms with Gasteiger partial charge in [-0.25, -0.2) is 4.39 Å². The number of alkyl halides is 3. The van der Waals surface area contributed by atoms with Gasteiger partial charge >= 0.3 is 12.1 Å². The first kappa shape index (κ1) is 22.9. The maximum absolute atomic E-state index is 14.9. The molecule has 158 valence electrons. The average molecular weight is 411 g/mol. The van der Waals surface area contributed by atoms with Crippen LogP contribution in [0.2, 0.25) is 0 Å².